The van der Waals surface area contributed by atoms with Crippen molar-refractivity contribution >= 4 is 22.6 Å². The van der Waals surface area contributed by atoms with Crippen molar-refractivity contribution in [2.24, 2.45) is 10.7 Å². The van der Waals surface area contributed by atoms with Gasteiger partial charge in [0.25, 0.3) is 5.91 Å². The van der Waals surface area contributed by atoms with Gasteiger partial charge in [0.05, 0.1) is 22.4 Å². The van der Waals surface area contributed by atoms with Gasteiger partial charge in [-0.15, -0.1) is 0 Å². The average Bonchev–Trinajstić information content (AvgIpc) is 3.35. The predicted octanol–water partition coefficient (Wildman–Crippen LogP) is 2.80. The number of nitrogens with two attached hydrogens (primary N) is 1. The topological polar surface area (TPSA) is 105 Å². The van der Waals surface area contributed by atoms with Gasteiger partial charge in [-0.05, 0) is 18.6 Å². The number of carbonyl (C=O) groups excluding carboxylic acids is 1. The molecular weight excluding hydrogens is 378 g/mol. The molecule has 0 aliphatic carbocycles. The van der Waals surface area contributed by atoms with Crippen LogP contribution >= 0.6 is 0 Å². The van der Waals surface area contributed by atoms with Gasteiger partial charge >= 0.3 is 0 Å². The average molecular weight is 399 g/mol. The standard InChI is InChI=1S/C23H21N5O2/c1-13-19(15-8-5-9-16(21(24)29)20(15)26-13)23-27-18-12-30-11-17(18)22(28-23)25-10-14-6-3-2-4-7-14/h2-9,12,25-26H,10-11H2,1H3,(H2,24,29)(H,27,28). The first-order valence-electron chi connectivity index (χ1n) is 9.72. The van der Waals surface area contributed by atoms with Gasteiger partial charge in [0.15, 0.2) is 0 Å². The number of hydrogen-bond acceptors (Lipinski definition) is 5. The van der Waals surface area contributed by atoms with Gasteiger partial charge in [0.2, 0.25) is 0 Å². The number of aliphatic imine (C=N–C) groups is 1. The summed E-state index contributed by atoms with van der Waals surface area (Å²) in [7, 11) is 0. The Morgan fingerprint density at radius 1 is 1.20 bits per heavy atom. The number of hydrogen-bond donors (Lipinski definition) is 4. The highest BCUT2D eigenvalue weighted by Gasteiger charge is 2.27. The summed E-state index contributed by atoms with van der Waals surface area (Å²) in [5.74, 6) is 0.999. The van der Waals surface area contributed by atoms with Gasteiger partial charge in [-0.1, -0.05) is 42.5 Å². The fourth-order valence-electron chi connectivity index (χ4n) is 3.90. The Morgan fingerprint density at radius 2 is 2.03 bits per heavy atom. The van der Waals surface area contributed by atoms with E-state index in [2.05, 4.69) is 27.8 Å². The van der Waals surface area contributed by atoms with Gasteiger partial charge < -0.3 is 26.1 Å². The third-order valence-corrected chi connectivity index (χ3v) is 5.34. The van der Waals surface area contributed by atoms with Crippen LogP contribution in [0.3, 0.4) is 0 Å². The number of carbonyl (C=O) groups is 1. The third kappa shape index (κ3) is 3.00. The van der Waals surface area contributed by atoms with E-state index in [1.165, 1.54) is 5.56 Å². The Hall–Kier alpha value is -4.00. The van der Waals surface area contributed by atoms with E-state index in [-0.39, 0.29) is 0 Å². The number of aryl methyl sites for hydroxylation is 1. The molecule has 30 heavy (non-hydrogen) atoms. The van der Waals surface area contributed by atoms with E-state index >= 15 is 0 Å². The maximum Gasteiger partial charge on any atom is 0.250 e. The zero-order valence-corrected chi connectivity index (χ0v) is 16.5. The smallest absolute Gasteiger partial charge is 0.250 e. The quantitative estimate of drug-likeness (QED) is 0.529. The van der Waals surface area contributed by atoms with E-state index < -0.39 is 5.91 Å². The van der Waals surface area contributed by atoms with Gasteiger partial charge in [-0.2, -0.15) is 0 Å². The fourth-order valence-corrected chi connectivity index (χ4v) is 3.90. The van der Waals surface area contributed by atoms with Gasteiger partial charge in [-0.25, -0.2) is 4.99 Å². The van der Waals surface area contributed by atoms with Crippen LogP contribution in [0.4, 0.5) is 0 Å². The molecule has 0 saturated heterocycles. The molecule has 0 radical (unpaired) electrons. The number of nitrogens with zero attached hydrogens (tertiary/aromatic N) is 1. The molecule has 5 rings (SSSR count). The van der Waals surface area contributed by atoms with Crippen LogP contribution in [0, 0.1) is 6.92 Å². The molecule has 7 nitrogen and oxygen atoms in total. The van der Waals surface area contributed by atoms with Crippen molar-refractivity contribution in [1.82, 2.24) is 15.6 Å². The minimum Gasteiger partial charge on any atom is -0.494 e. The number of fused-ring (bicyclic) bond motifs is 2. The number of benzene rings is 2. The van der Waals surface area contributed by atoms with E-state index in [1.54, 1.807) is 12.3 Å². The number of amidine groups is 1. The van der Waals surface area contributed by atoms with E-state index in [0.717, 1.165) is 33.7 Å². The molecule has 150 valence electrons. The summed E-state index contributed by atoms with van der Waals surface area (Å²) < 4.78 is 5.54. The zero-order valence-electron chi connectivity index (χ0n) is 16.5. The highest BCUT2D eigenvalue weighted by molar-refractivity contribution is 6.16. The second-order valence-corrected chi connectivity index (χ2v) is 7.31. The minimum absolute atomic E-state index is 0.459. The molecule has 3 aromatic rings. The second-order valence-electron chi connectivity index (χ2n) is 7.31. The van der Waals surface area contributed by atoms with Crippen LogP contribution in [-0.2, 0) is 11.3 Å². The summed E-state index contributed by atoms with van der Waals surface area (Å²) in [6.07, 6.45) is 1.72. The summed E-state index contributed by atoms with van der Waals surface area (Å²) in [5, 5.41) is 7.71. The molecule has 0 fully saturated rings. The molecule has 0 bridgehead atoms. The molecule has 2 aliphatic rings. The van der Waals surface area contributed by atoms with E-state index in [4.69, 9.17) is 15.5 Å². The molecule has 2 aliphatic heterocycles. The molecule has 5 N–H and O–H groups in total. The van der Waals surface area contributed by atoms with Crippen molar-refractivity contribution in [3.05, 3.63) is 94.3 Å². The molecular formula is C23H21N5O2. The maximum atomic E-state index is 11.8. The summed E-state index contributed by atoms with van der Waals surface area (Å²) in [5.41, 5.74) is 11.6. The number of primary amides is 1. The lowest BCUT2D eigenvalue weighted by Crippen LogP contribution is -2.32. The van der Waals surface area contributed by atoms with Crippen LogP contribution in [0.1, 0.15) is 27.2 Å². The zero-order chi connectivity index (χ0) is 20.7. The molecule has 2 aromatic carbocycles. The van der Waals surface area contributed by atoms with Crippen LogP contribution in [-0.4, -0.2) is 23.3 Å². The molecule has 0 saturated carbocycles. The van der Waals surface area contributed by atoms with Crippen molar-refractivity contribution < 1.29 is 9.53 Å². The third-order valence-electron chi connectivity index (χ3n) is 5.34. The number of H-pyrrole nitrogens is 1. The minimum atomic E-state index is -0.466. The number of para-hydroxylation sites is 1. The molecule has 0 spiro atoms. The number of ether oxygens (including phenoxy) is 1. The highest BCUT2D eigenvalue weighted by Crippen LogP contribution is 2.30. The Kier molecular flexibility index (Phi) is 4.28. The lowest BCUT2D eigenvalue weighted by atomic mass is 10.0. The largest absolute Gasteiger partial charge is 0.494 e. The highest BCUT2D eigenvalue weighted by atomic mass is 16.5. The Balaban J connectivity index is 1.57. The van der Waals surface area contributed by atoms with Crippen LogP contribution in [0.5, 0.6) is 0 Å². The maximum absolute atomic E-state index is 11.8. The van der Waals surface area contributed by atoms with Crippen LogP contribution in [0.2, 0.25) is 0 Å². The van der Waals surface area contributed by atoms with Gasteiger partial charge in [0.1, 0.15) is 24.5 Å². The Labute approximate surface area is 173 Å². The second kappa shape index (κ2) is 7.11. The van der Waals surface area contributed by atoms with Crippen molar-refractivity contribution in [2.75, 3.05) is 6.61 Å². The molecule has 0 unspecified atom stereocenters. The molecule has 0 atom stereocenters. The Bertz CT molecular complexity index is 1250. The van der Waals surface area contributed by atoms with Crippen LogP contribution in [0.15, 0.2) is 76.9 Å². The van der Waals surface area contributed by atoms with Crippen molar-refractivity contribution in [2.45, 2.75) is 13.5 Å². The van der Waals surface area contributed by atoms with E-state index in [9.17, 15) is 4.79 Å². The predicted molar refractivity (Wildman–Crippen MR) is 116 cm³/mol. The fraction of sp³-hybridized carbons (Fsp3) is 0.130. The Morgan fingerprint density at radius 3 is 2.83 bits per heavy atom. The number of amides is 1. The molecule has 1 aromatic heterocycles. The lowest BCUT2D eigenvalue weighted by Gasteiger charge is -2.21. The summed E-state index contributed by atoms with van der Waals surface area (Å²) >= 11 is 0. The summed E-state index contributed by atoms with van der Waals surface area (Å²) in [6, 6.07) is 15.7. The van der Waals surface area contributed by atoms with Crippen molar-refractivity contribution in [3.8, 4) is 0 Å². The van der Waals surface area contributed by atoms with Crippen molar-refractivity contribution in [1.29, 1.82) is 0 Å². The van der Waals surface area contributed by atoms with Gasteiger partial charge in [0, 0.05) is 23.2 Å². The summed E-state index contributed by atoms with van der Waals surface area (Å²) in [4.78, 5) is 20.0. The first-order chi connectivity index (χ1) is 14.6. The monoisotopic (exact) mass is 399 g/mol. The molecule has 7 heteroatoms. The summed E-state index contributed by atoms with van der Waals surface area (Å²) in [6.45, 7) is 3.08. The van der Waals surface area contributed by atoms with E-state index in [1.807, 2.05) is 37.3 Å². The first kappa shape index (κ1) is 18.1. The molecule has 1 amide bonds. The lowest BCUT2D eigenvalue weighted by molar-refractivity contribution is 0.100. The number of rotatable bonds is 5. The van der Waals surface area contributed by atoms with Crippen LogP contribution < -0.4 is 16.4 Å². The molecule has 3 heterocycles. The normalized spacial score (nSPS) is 15.2. The van der Waals surface area contributed by atoms with E-state index in [0.29, 0.717) is 30.1 Å². The van der Waals surface area contributed by atoms with Crippen LogP contribution in [0.25, 0.3) is 10.9 Å². The van der Waals surface area contributed by atoms with Gasteiger partial charge in [-0.3, -0.25) is 4.79 Å². The van der Waals surface area contributed by atoms with Crippen molar-refractivity contribution in [3.63, 3.8) is 0 Å². The first-order valence-corrected chi connectivity index (χ1v) is 9.72. The number of aromatic amines is 1. The number of nitrogens with one attached hydrogen (secondary N) is 3. The SMILES string of the molecule is Cc1[nH]c2c(C(N)=O)cccc2c1C1=NC(NCc2ccccc2)=C2COC=C2N1. The number of aromatic nitrogens is 1.